The molecule has 1 heterocycles. The minimum absolute atomic E-state index is 0.0537. The first-order valence-electron chi connectivity index (χ1n) is 7.32. The van der Waals surface area contributed by atoms with Crippen LogP contribution in [0.1, 0.15) is 58.3 Å². The van der Waals surface area contributed by atoms with Crippen molar-refractivity contribution in [3.63, 3.8) is 0 Å². The maximum atomic E-state index is 11.9. The number of carbonyl (C=O) groups is 1. The fourth-order valence-corrected chi connectivity index (χ4v) is 3.00. The molecule has 0 bridgehead atoms. The standard InChI is InChI=1S/C14H23N3O2S/c1-9(2)13-16-17-14(19-13)20-8-12(18)15-11-7-5-4-6-10(11)3/h9-11H,4-8H2,1-3H3,(H,15,18)/t10-,11-/m1/s1. The normalized spacial score (nSPS) is 23.0. The molecule has 1 aliphatic rings. The lowest BCUT2D eigenvalue weighted by Gasteiger charge is -2.29. The molecular formula is C14H23N3O2S. The van der Waals surface area contributed by atoms with Gasteiger partial charge in [-0.25, -0.2) is 0 Å². The van der Waals surface area contributed by atoms with E-state index in [1.165, 1.54) is 31.0 Å². The Hall–Kier alpha value is -1.04. The molecule has 0 aliphatic heterocycles. The Labute approximate surface area is 124 Å². The summed E-state index contributed by atoms with van der Waals surface area (Å²) in [5.41, 5.74) is 0. The van der Waals surface area contributed by atoms with Crippen LogP contribution in [0.15, 0.2) is 9.64 Å². The van der Waals surface area contributed by atoms with E-state index in [-0.39, 0.29) is 11.8 Å². The Morgan fingerprint density at radius 1 is 1.40 bits per heavy atom. The molecule has 0 spiro atoms. The number of hydrogen-bond donors (Lipinski definition) is 1. The number of aromatic nitrogens is 2. The smallest absolute Gasteiger partial charge is 0.277 e. The summed E-state index contributed by atoms with van der Waals surface area (Å²) in [6.45, 7) is 6.21. The monoisotopic (exact) mass is 297 g/mol. The van der Waals surface area contributed by atoms with Gasteiger partial charge in [-0.2, -0.15) is 0 Å². The van der Waals surface area contributed by atoms with E-state index in [1.807, 2.05) is 13.8 Å². The molecule has 1 saturated carbocycles. The lowest BCUT2D eigenvalue weighted by molar-refractivity contribution is -0.119. The summed E-state index contributed by atoms with van der Waals surface area (Å²) >= 11 is 1.30. The van der Waals surface area contributed by atoms with Gasteiger partial charge in [0.1, 0.15) is 0 Å². The molecule has 20 heavy (non-hydrogen) atoms. The number of thioether (sulfide) groups is 1. The molecule has 2 rings (SSSR count). The number of amides is 1. The number of nitrogens with one attached hydrogen (secondary N) is 1. The highest BCUT2D eigenvalue weighted by Crippen LogP contribution is 2.24. The Bertz CT molecular complexity index is 447. The quantitative estimate of drug-likeness (QED) is 0.846. The van der Waals surface area contributed by atoms with Crippen LogP contribution in [-0.4, -0.2) is 27.9 Å². The van der Waals surface area contributed by atoms with E-state index in [1.54, 1.807) is 0 Å². The summed E-state index contributed by atoms with van der Waals surface area (Å²) < 4.78 is 5.47. The van der Waals surface area contributed by atoms with E-state index in [2.05, 4.69) is 22.4 Å². The lowest BCUT2D eigenvalue weighted by atomic mass is 9.86. The molecule has 112 valence electrons. The maximum Gasteiger partial charge on any atom is 0.277 e. The van der Waals surface area contributed by atoms with Gasteiger partial charge >= 0.3 is 0 Å². The molecule has 0 aromatic carbocycles. The maximum absolute atomic E-state index is 11.9. The number of carbonyl (C=O) groups excluding carboxylic acids is 1. The molecule has 6 heteroatoms. The minimum Gasteiger partial charge on any atom is -0.416 e. The summed E-state index contributed by atoms with van der Waals surface area (Å²) in [7, 11) is 0. The topological polar surface area (TPSA) is 68.0 Å². The number of nitrogens with zero attached hydrogens (tertiary/aromatic N) is 2. The predicted octanol–water partition coefficient (Wildman–Crippen LogP) is 2.98. The molecule has 0 radical (unpaired) electrons. The van der Waals surface area contributed by atoms with Gasteiger partial charge in [-0.15, -0.1) is 10.2 Å². The molecule has 1 aliphatic carbocycles. The van der Waals surface area contributed by atoms with Crippen LogP contribution in [0, 0.1) is 5.92 Å². The van der Waals surface area contributed by atoms with Gasteiger partial charge in [0.25, 0.3) is 5.22 Å². The predicted molar refractivity (Wildman–Crippen MR) is 78.7 cm³/mol. The summed E-state index contributed by atoms with van der Waals surface area (Å²) in [5, 5.41) is 11.5. The zero-order valence-electron chi connectivity index (χ0n) is 12.4. The van der Waals surface area contributed by atoms with Crippen LogP contribution in [0.5, 0.6) is 0 Å². The Morgan fingerprint density at radius 3 is 2.80 bits per heavy atom. The summed E-state index contributed by atoms with van der Waals surface area (Å²) in [4.78, 5) is 11.9. The molecule has 1 N–H and O–H groups in total. The molecule has 0 unspecified atom stereocenters. The molecule has 1 aromatic rings. The first-order chi connectivity index (χ1) is 9.56. The van der Waals surface area contributed by atoms with E-state index in [4.69, 9.17) is 4.42 Å². The SMILES string of the molecule is CC(C)c1nnc(SCC(=O)N[C@@H]2CCCC[C@H]2C)o1. The van der Waals surface area contributed by atoms with E-state index in [0.717, 1.165) is 6.42 Å². The highest BCUT2D eigenvalue weighted by Gasteiger charge is 2.23. The molecule has 1 fully saturated rings. The average molecular weight is 297 g/mol. The van der Waals surface area contributed by atoms with Gasteiger partial charge in [-0.1, -0.05) is 45.4 Å². The van der Waals surface area contributed by atoms with E-state index >= 15 is 0 Å². The van der Waals surface area contributed by atoms with Crippen LogP contribution < -0.4 is 5.32 Å². The van der Waals surface area contributed by atoms with Gasteiger partial charge in [-0.05, 0) is 18.8 Å². The van der Waals surface area contributed by atoms with Crippen LogP contribution >= 0.6 is 11.8 Å². The third-order valence-electron chi connectivity index (χ3n) is 3.70. The van der Waals surface area contributed by atoms with Crippen molar-refractivity contribution in [2.24, 2.45) is 5.92 Å². The zero-order valence-corrected chi connectivity index (χ0v) is 13.2. The second-order valence-electron chi connectivity index (χ2n) is 5.79. The van der Waals surface area contributed by atoms with E-state index < -0.39 is 0 Å². The van der Waals surface area contributed by atoms with Crippen molar-refractivity contribution in [3.05, 3.63) is 5.89 Å². The van der Waals surface area contributed by atoms with Gasteiger partial charge < -0.3 is 9.73 Å². The van der Waals surface area contributed by atoms with Gasteiger partial charge in [0.05, 0.1) is 5.75 Å². The van der Waals surface area contributed by atoms with Gasteiger partial charge in [-0.3, -0.25) is 4.79 Å². The lowest BCUT2D eigenvalue weighted by Crippen LogP contribution is -2.41. The van der Waals surface area contributed by atoms with Gasteiger partial charge in [0, 0.05) is 12.0 Å². The van der Waals surface area contributed by atoms with Crippen molar-refractivity contribution in [2.75, 3.05) is 5.75 Å². The van der Waals surface area contributed by atoms with Crippen molar-refractivity contribution >= 4 is 17.7 Å². The largest absolute Gasteiger partial charge is 0.416 e. The molecule has 2 atom stereocenters. The Balaban J connectivity index is 1.76. The molecule has 0 saturated heterocycles. The zero-order chi connectivity index (χ0) is 14.5. The summed E-state index contributed by atoms with van der Waals surface area (Å²) in [6, 6.07) is 0.325. The van der Waals surface area contributed by atoms with Gasteiger partial charge in [0.15, 0.2) is 0 Å². The fourth-order valence-electron chi connectivity index (χ4n) is 2.42. The van der Waals surface area contributed by atoms with Crippen LogP contribution in [-0.2, 0) is 4.79 Å². The van der Waals surface area contributed by atoms with Crippen LogP contribution in [0.4, 0.5) is 0 Å². The third-order valence-corrected chi connectivity index (χ3v) is 4.52. The molecule has 1 aromatic heterocycles. The second-order valence-corrected chi connectivity index (χ2v) is 6.71. The molecule has 5 nitrogen and oxygen atoms in total. The Morgan fingerprint density at radius 2 is 2.15 bits per heavy atom. The average Bonchev–Trinajstić information content (AvgIpc) is 2.88. The molecular weight excluding hydrogens is 274 g/mol. The summed E-state index contributed by atoms with van der Waals surface area (Å²) in [5.74, 6) is 1.80. The highest BCUT2D eigenvalue weighted by atomic mass is 32.2. The fraction of sp³-hybridized carbons (Fsp3) is 0.786. The van der Waals surface area contributed by atoms with Crippen LogP contribution in [0.25, 0.3) is 0 Å². The number of rotatable bonds is 5. The summed E-state index contributed by atoms with van der Waals surface area (Å²) in [6.07, 6.45) is 4.79. The second kappa shape index (κ2) is 7.11. The van der Waals surface area contributed by atoms with E-state index in [0.29, 0.717) is 28.8 Å². The Kier molecular flexibility index (Phi) is 5.46. The molecule has 1 amide bonds. The van der Waals surface area contributed by atoms with Gasteiger partial charge in [0.2, 0.25) is 11.8 Å². The first kappa shape index (κ1) is 15.4. The van der Waals surface area contributed by atoms with Crippen molar-refractivity contribution in [2.45, 2.75) is 63.6 Å². The van der Waals surface area contributed by atoms with Crippen molar-refractivity contribution in [1.29, 1.82) is 0 Å². The highest BCUT2D eigenvalue weighted by molar-refractivity contribution is 7.99. The van der Waals surface area contributed by atoms with Crippen molar-refractivity contribution in [3.8, 4) is 0 Å². The van der Waals surface area contributed by atoms with Crippen molar-refractivity contribution in [1.82, 2.24) is 15.5 Å². The van der Waals surface area contributed by atoms with Crippen LogP contribution in [0.2, 0.25) is 0 Å². The van der Waals surface area contributed by atoms with Crippen LogP contribution in [0.3, 0.4) is 0 Å². The first-order valence-corrected chi connectivity index (χ1v) is 8.30. The number of hydrogen-bond acceptors (Lipinski definition) is 5. The van der Waals surface area contributed by atoms with E-state index in [9.17, 15) is 4.79 Å². The minimum atomic E-state index is 0.0537. The van der Waals surface area contributed by atoms with Crippen molar-refractivity contribution < 1.29 is 9.21 Å². The third kappa shape index (κ3) is 4.23.